The van der Waals surface area contributed by atoms with Crippen LogP contribution in [0.1, 0.15) is 54.9 Å². The van der Waals surface area contributed by atoms with E-state index in [-0.39, 0.29) is 23.7 Å². The highest BCUT2D eigenvalue weighted by molar-refractivity contribution is 5.94. The number of rotatable bonds is 6. The second-order valence-corrected chi connectivity index (χ2v) is 7.96. The van der Waals surface area contributed by atoms with E-state index >= 15 is 0 Å². The fourth-order valence-electron chi connectivity index (χ4n) is 4.45. The molecule has 0 radical (unpaired) electrons. The molecule has 3 rings (SSSR count). The van der Waals surface area contributed by atoms with E-state index in [0.717, 1.165) is 44.6 Å². The van der Waals surface area contributed by atoms with Gasteiger partial charge < -0.3 is 10.0 Å². The third-order valence-corrected chi connectivity index (χ3v) is 5.84. The molecule has 0 bridgehead atoms. The summed E-state index contributed by atoms with van der Waals surface area (Å²) in [5, 5.41) is 9.08. The predicted molar refractivity (Wildman–Crippen MR) is 101 cm³/mol. The molecule has 1 aromatic carbocycles. The summed E-state index contributed by atoms with van der Waals surface area (Å²) in [6.45, 7) is 6.22. The van der Waals surface area contributed by atoms with Crippen molar-refractivity contribution in [3.05, 3.63) is 35.4 Å². The number of carbonyl (C=O) groups excluding carboxylic acids is 2. The molecule has 26 heavy (non-hydrogen) atoms. The Morgan fingerprint density at radius 2 is 1.96 bits per heavy atom. The zero-order valence-electron chi connectivity index (χ0n) is 15.7. The van der Waals surface area contributed by atoms with Crippen molar-refractivity contribution >= 4 is 11.7 Å². The van der Waals surface area contributed by atoms with Crippen LogP contribution < -0.4 is 0 Å². The largest absolute Gasteiger partial charge is 0.396 e. The average molecular weight is 358 g/mol. The second-order valence-electron chi connectivity index (χ2n) is 7.96. The molecule has 2 aliphatic heterocycles. The fourth-order valence-corrected chi connectivity index (χ4v) is 4.45. The Labute approximate surface area is 156 Å². The molecule has 2 aliphatic rings. The average Bonchev–Trinajstić information content (AvgIpc) is 2.63. The Morgan fingerprint density at radius 1 is 1.19 bits per heavy atom. The SMILES string of the molecule is CC(=O)c1ccc(CN2CCC[C@@]3(CCC(=O)N(CCCO)C3)C2)cc1. The van der Waals surface area contributed by atoms with Gasteiger partial charge >= 0.3 is 0 Å². The number of hydrogen-bond donors (Lipinski definition) is 1. The van der Waals surface area contributed by atoms with Crippen LogP contribution in [0.15, 0.2) is 24.3 Å². The molecular weight excluding hydrogens is 328 g/mol. The molecule has 1 atom stereocenters. The van der Waals surface area contributed by atoms with E-state index < -0.39 is 0 Å². The maximum Gasteiger partial charge on any atom is 0.222 e. The minimum Gasteiger partial charge on any atom is -0.396 e. The van der Waals surface area contributed by atoms with Crippen LogP contribution in [0.3, 0.4) is 0 Å². The first kappa shape index (κ1) is 19.1. The van der Waals surface area contributed by atoms with Gasteiger partial charge in [-0.2, -0.15) is 0 Å². The van der Waals surface area contributed by atoms with Crippen molar-refractivity contribution in [1.29, 1.82) is 0 Å². The molecule has 1 N–H and O–H groups in total. The molecule has 2 fully saturated rings. The van der Waals surface area contributed by atoms with Gasteiger partial charge in [-0.25, -0.2) is 0 Å². The molecule has 5 heteroatoms. The number of carbonyl (C=O) groups is 2. The molecule has 1 aromatic rings. The van der Waals surface area contributed by atoms with Gasteiger partial charge in [-0.1, -0.05) is 24.3 Å². The van der Waals surface area contributed by atoms with Crippen molar-refractivity contribution in [2.75, 3.05) is 32.8 Å². The topological polar surface area (TPSA) is 60.9 Å². The van der Waals surface area contributed by atoms with Gasteiger partial charge in [-0.3, -0.25) is 14.5 Å². The van der Waals surface area contributed by atoms with E-state index in [1.807, 2.05) is 17.0 Å². The van der Waals surface area contributed by atoms with Crippen LogP contribution in [0.2, 0.25) is 0 Å². The van der Waals surface area contributed by atoms with Crippen molar-refractivity contribution in [2.24, 2.45) is 5.41 Å². The molecule has 0 aromatic heterocycles. The zero-order chi connectivity index (χ0) is 18.6. The Bertz CT molecular complexity index is 643. The highest BCUT2D eigenvalue weighted by Crippen LogP contribution is 2.39. The van der Waals surface area contributed by atoms with Crippen molar-refractivity contribution in [2.45, 2.75) is 45.6 Å². The molecular formula is C21H30N2O3. The number of hydrogen-bond acceptors (Lipinski definition) is 4. The Hall–Kier alpha value is -1.72. The lowest BCUT2D eigenvalue weighted by molar-refractivity contribution is -0.139. The number of aliphatic hydroxyl groups is 1. The summed E-state index contributed by atoms with van der Waals surface area (Å²) >= 11 is 0. The first-order valence-corrected chi connectivity index (χ1v) is 9.72. The maximum atomic E-state index is 12.2. The Morgan fingerprint density at radius 3 is 2.65 bits per heavy atom. The molecule has 142 valence electrons. The van der Waals surface area contributed by atoms with Crippen LogP contribution in [-0.4, -0.2) is 59.4 Å². The molecule has 2 heterocycles. The van der Waals surface area contributed by atoms with Crippen LogP contribution in [-0.2, 0) is 11.3 Å². The van der Waals surface area contributed by atoms with Gasteiger partial charge in [0.2, 0.25) is 5.91 Å². The van der Waals surface area contributed by atoms with Gasteiger partial charge in [0.1, 0.15) is 0 Å². The summed E-state index contributed by atoms with van der Waals surface area (Å²) in [4.78, 5) is 28.1. The van der Waals surface area contributed by atoms with Gasteiger partial charge in [-0.05, 0) is 44.7 Å². The summed E-state index contributed by atoms with van der Waals surface area (Å²) in [5.41, 5.74) is 2.19. The summed E-state index contributed by atoms with van der Waals surface area (Å²) in [6.07, 6.45) is 4.60. The Balaban J connectivity index is 1.62. The smallest absolute Gasteiger partial charge is 0.222 e. The second kappa shape index (κ2) is 8.31. The molecule has 1 spiro atoms. The van der Waals surface area contributed by atoms with Crippen molar-refractivity contribution in [1.82, 2.24) is 9.80 Å². The lowest BCUT2D eigenvalue weighted by Crippen LogP contribution is -2.54. The first-order chi connectivity index (χ1) is 12.5. The van der Waals surface area contributed by atoms with E-state index in [9.17, 15) is 9.59 Å². The van der Waals surface area contributed by atoms with Crippen LogP contribution in [0.4, 0.5) is 0 Å². The third-order valence-electron chi connectivity index (χ3n) is 5.84. The van der Waals surface area contributed by atoms with Crippen LogP contribution in [0.25, 0.3) is 0 Å². The number of nitrogens with zero attached hydrogens (tertiary/aromatic N) is 2. The van der Waals surface area contributed by atoms with Crippen LogP contribution in [0.5, 0.6) is 0 Å². The third kappa shape index (κ3) is 4.51. The van der Waals surface area contributed by atoms with Crippen LogP contribution in [0, 0.1) is 5.41 Å². The fraction of sp³-hybridized carbons (Fsp3) is 0.619. The van der Waals surface area contributed by atoms with Gasteiger partial charge in [0.05, 0.1) is 0 Å². The van der Waals surface area contributed by atoms with Crippen LogP contribution >= 0.6 is 0 Å². The minimum absolute atomic E-state index is 0.100. The molecule has 0 saturated carbocycles. The van der Waals surface area contributed by atoms with Crippen molar-refractivity contribution < 1.29 is 14.7 Å². The van der Waals surface area contributed by atoms with E-state index in [1.165, 1.54) is 12.0 Å². The highest BCUT2D eigenvalue weighted by atomic mass is 16.3. The molecule has 0 aliphatic carbocycles. The number of piperidine rings is 2. The van der Waals surface area contributed by atoms with E-state index in [4.69, 9.17) is 5.11 Å². The molecule has 2 saturated heterocycles. The van der Waals surface area contributed by atoms with E-state index in [1.54, 1.807) is 6.92 Å². The molecule has 5 nitrogen and oxygen atoms in total. The lowest BCUT2D eigenvalue weighted by atomic mass is 9.73. The standard InChI is InChI=1S/C21H30N2O3/c1-17(25)19-6-4-18(5-7-19)14-22-11-2-9-21(15-22)10-8-20(26)23(16-21)12-3-13-24/h4-7,24H,2-3,8-16H2,1H3/t21-/m1/s1. The van der Waals surface area contributed by atoms with Crippen molar-refractivity contribution in [3.8, 4) is 0 Å². The van der Waals surface area contributed by atoms with Gasteiger partial charge in [-0.15, -0.1) is 0 Å². The molecule has 1 amide bonds. The maximum absolute atomic E-state index is 12.2. The summed E-state index contributed by atoms with van der Waals surface area (Å²) in [7, 11) is 0. The first-order valence-electron chi connectivity index (χ1n) is 9.72. The number of Topliss-reactive ketones (excluding diaryl/α,β-unsaturated/α-hetero) is 1. The highest BCUT2D eigenvalue weighted by Gasteiger charge is 2.41. The number of aliphatic hydroxyl groups excluding tert-OH is 1. The summed E-state index contributed by atoms with van der Waals surface area (Å²) in [5.74, 6) is 0.337. The normalized spacial score (nSPS) is 24.2. The number of likely N-dealkylation sites (tertiary alicyclic amines) is 2. The van der Waals surface area contributed by atoms with E-state index in [0.29, 0.717) is 19.4 Å². The lowest BCUT2D eigenvalue weighted by Gasteiger charge is -2.48. The number of amides is 1. The van der Waals surface area contributed by atoms with Crippen molar-refractivity contribution in [3.63, 3.8) is 0 Å². The zero-order valence-corrected chi connectivity index (χ0v) is 15.7. The molecule has 0 unspecified atom stereocenters. The Kier molecular flexibility index (Phi) is 6.09. The number of benzene rings is 1. The summed E-state index contributed by atoms with van der Waals surface area (Å²) < 4.78 is 0. The van der Waals surface area contributed by atoms with Gasteiger partial charge in [0.25, 0.3) is 0 Å². The monoisotopic (exact) mass is 358 g/mol. The van der Waals surface area contributed by atoms with Gasteiger partial charge in [0.15, 0.2) is 5.78 Å². The predicted octanol–water partition coefficient (Wildman–Crippen LogP) is 2.48. The number of ketones is 1. The minimum atomic E-state index is 0.100. The summed E-state index contributed by atoms with van der Waals surface area (Å²) in [6, 6.07) is 7.92. The van der Waals surface area contributed by atoms with Gasteiger partial charge in [0, 0.05) is 50.2 Å². The van der Waals surface area contributed by atoms with E-state index in [2.05, 4.69) is 17.0 Å². The quantitative estimate of drug-likeness (QED) is 0.794.